The van der Waals surface area contributed by atoms with Gasteiger partial charge in [0.15, 0.2) is 0 Å². The first-order chi connectivity index (χ1) is 14.8. The maximum Gasteiger partial charge on any atom is 0.321 e. The van der Waals surface area contributed by atoms with Crippen molar-refractivity contribution in [2.24, 2.45) is 0 Å². The number of anilines is 1. The van der Waals surface area contributed by atoms with Gasteiger partial charge in [0.1, 0.15) is 0 Å². The first kappa shape index (κ1) is 21.9. The molecule has 2 aromatic carbocycles. The largest absolute Gasteiger partial charge is 0.376 e. The fourth-order valence-electron chi connectivity index (χ4n) is 2.78. The highest BCUT2D eigenvalue weighted by molar-refractivity contribution is 5.96. The van der Waals surface area contributed by atoms with Gasteiger partial charge in [0, 0.05) is 16.8 Å². The van der Waals surface area contributed by atoms with Gasteiger partial charge in [-0.05, 0) is 50.1 Å². The maximum atomic E-state index is 11.9. The molecule has 3 rings (SSSR count). The molecule has 31 heavy (non-hydrogen) atoms. The van der Waals surface area contributed by atoms with E-state index in [4.69, 9.17) is 0 Å². The molecule has 0 radical (unpaired) electrons. The molecule has 0 aliphatic heterocycles. The molecule has 9 heteroatoms. The number of nitrogens with one attached hydrogen (secondary N) is 3. The van der Waals surface area contributed by atoms with Crippen molar-refractivity contribution in [3.63, 3.8) is 0 Å². The number of rotatable bonds is 7. The standard InChI is InChI=1S/C22H27N7O2/c1-22(2,3)25-21(31)24-19(30)15-23-18-11-9-16(10-12-18)13-14-29-27-20(26-28-29)17-7-5-4-6-8-17/h4-12,23H,13-15H2,1-3H3,(H2,24,25,30,31). The molecule has 0 atom stereocenters. The molecule has 1 aromatic heterocycles. The number of nitrogens with zero attached hydrogens (tertiary/aromatic N) is 4. The first-order valence-electron chi connectivity index (χ1n) is 10.1. The van der Waals surface area contributed by atoms with E-state index in [9.17, 15) is 9.59 Å². The number of imide groups is 1. The van der Waals surface area contributed by atoms with Crippen molar-refractivity contribution < 1.29 is 9.59 Å². The summed E-state index contributed by atoms with van der Waals surface area (Å²) in [5, 5.41) is 20.6. The van der Waals surface area contributed by atoms with Crippen molar-refractivity contribution in [3.8, 4) is 11.4 Å². The van der Waals surface area contributed by atoms with Gasteiger partial charge in [-0.2, -0.15) is 4.80 Å². The maximum absolute atomic E-state index is 11.9. The second-order valence-corrected chi connectivity index (χ2v) is 8.13. The zero-order chi connectivity index (χ0) is 22.3. The number of aryl methyl sites for hydroxylation is 2. The molecular formula is C22H27N7O2. The van der Waals surface area contributed by atoms with Crippen molar-refractivity contribution in [1.82, 2.24) is 30.8 Å². The first-order valence-corrected chi connectivity index (χ1v) is 10.1. The average Bonchev–Trinajstić information content (AvgIpc) is 3.20. The van der Waals surface area contributed by atoms with Crippen LogP contribution in [0.3, 0.4) is 0 Å². The Hall–Kier alpha value is -3.75. The van der Waals surface area contributed by atoms with Crippen molar-refractivity contribution >= 4 is 17.6 Å². The van der Waals surface area contributed by atoms with Crippen LogP contribution in [0.15, 0.2) is 54.6 Å². The minimum absolute atomic E-state index is 0.00203. The number of hydrogen-bond acceptors (Lipinski definition) is 6. The van der Waals surface area contributed by atoms with Gasteiger partial charge < -0.3 is 10.6 Å². The summed E-state index contributed by atoms with van der Waals surface area (Å²) >= 11 is 0. The Bertz CT molecular complexity index is 1010. The van der Waals surface area contributed by atoms with Crippen LogP contribution in [0.2, 0.25) is 0 Å². The normalized spacial score (nSPS) is 11.1. The number of amides is 3. The number of carbonyl (C=O) groups is 2. The van der Waals surface area contributed by atoms with Crippen LogP contribution < -0.4 is 16.0 Å². The summed E-state index contributed by atoms with van der Waals surface area (Å²) in [6.07, 6.45) is 0.748. The lowest BCUT2D eigenvalue weighted by atomic mass is 10.1. The van der Waals surface area contributed by atoms with Gasteiger partial charge in [0.25, 0.3) is 0 Å². The third-order valence-electron chi connectivity index (χ3n) is 4.23. The number of hydrogen-bond donors (Lipinski definition) is 3. The Morgan fingerprint density at radius 3 is 2.39 bits per heavy atom. The lowest BCUT2D eigenvalue weighted by molar-refractivity contribution is -0.118. The minimum atomic E-state index is -0.508. The van der Waals surface area contributed by atoms with E-state index in [1.807, 2.05) is 75.4 Å². The van der Waals surface area contributed by atoms with Crippen molar-refractivity contribution in [1.29, 1.82) is 0 Å². The van der Waals surface area contributed by atoms with Crippen LogP contribution in [0.25, 0.3) is 11.4 Å². The van der Waals surface area contributed by atoms with Crippen molar-refractivity contribution in [3.05, 3.63) is 60.2 Å². The summed E-state index contributed by atoms with van der Waals surface area (Å²) in [6, 6.07) is 16.9. The second kappa shape index (κ2) is 9.84. The number of carbonyl (C=O) groups excluding carboxylic acids is 2. The summed E-state index contributed by atoms with van der Waals surface area (Å²) < 4.78 is 0. The molecule has 0 fully saturated rings. The van der Waals surface area contributed by atoms with Gasteiger partial charge in [-0.25, -0.2) is 4.79 Å². The molecular weight excluding hydrogens is 394 g/mol. The number of aromatic nitrogens is 4. The third kappa shape index (κ3) is 7.22. The van der Waals surface area contributed by atoms with Gasteiger partial charge in [-0.1, -0.05) is 42.5 Å². The predicted octanol–water partition coefficient (Wildman–Crippen LogP) is 2.62. The molecule has 9 nitrogen and oxygen atoms in total. The molecule has 0 bridgehead atoms. The summed E-state index contributed by atoms with van der Waals surface area (Å²) in [5.74, 6) is 0.201. The second-order valence-electron chi connectivity index (χ2n) is 8.13. The summed E-state index contributed by atoms with van der Waals surface area (Å²) in [5.41, 5.74) is 2.43. The predicted molar refractivity (Wildman–Crippen MR) is 118 cm³/mol. The van der Waals surface area contributed by atoms with Crippen LogP contribution >= 0.6 is 0 Å². The fraction of sp³-hybridized carbons (Fsp3) is 0.318. The summed E-state index contributed by atoms with van der Waals surface area (Å²) in [6.45, 7) is 6.15. The van der Waals surface area contributed by atoms with Crippen LogP contribution in [0.5, 0.6) is 0 Å². The van der Waals surface area contributed by atoms with Crippen LogP contribution in [0, 0.1) is 0 Å². The molecule has 0 aliphatic rings. The van der Waals surface area contributed by atoms with E-state index in [0.717, 1.165) is 23.2 Å². The molecule has 0 spiro atoms. The zero-order valence-corrected chi connectivity index (χ0v) is 17.9. The van der Waals surface area contributed by atoms with Crippen LogP contribution in [-0.2, 0) is 17.8 Å². The lowest BCUT2D eigenvalue weighted by Crippen LogP contribution is -2.49. The van der Waals surface area contributed by atoms with Gasteiger partial charge in [-0.3, -0.25) is 10.1 Å². The summed E-state index contributed by atoms with van der Waals surface area (Å²) in [4.78, 5) is 25.2. The van der Waals surface area contributed by atoms with Gasteiger partial charge in [0.2, 0.25) is 11.7 Å². The molecule has 0 unspecified atom stereocenters. The highest BCUT2D eigenvalue weighted by atomic mass is 16.2. The van der Waals surface area contributed by atoms with Crippen LogP contribution in [-0.4, -0.2) is 44.2 Å². The molecule has 0 aliphatic carbocycles. The van der Waals surface area contributed by atoms with Gasteiger partial charge in [0.05, 0.1) is 13.1 Å². The Labute approximate surface area is 181 Å². The third-order valence-corrected chi connectivity index (χ3v) is 4.23. The molecule has 162 valence electrons. The number of urea groups is 1. The Morgan fingerprint density at radius 2 is 1.71 bits per heavy atom. The molecule has 3 amide bonds. The smallest absolute Gasteiger partial charge is 0.321 e. The quantitative estimate of drug-likeness (QED) is 0.540. The molecule has 3 aromatic rings. The Balaban J connectivity index is 1.44. The van der Waals surface area contributed by atoms with Crippen molar-refractivity contribution in [2.45, 2.75) is 39.3 Å². The van der Waals surface area contributed by atoms with E-state index in [2.05, 4.69) is 31.4 Å². The Morgan fingerprint density at radius 1 is 1.00 bits per heavy atom. The number of tetrazole rings is 1. The molecule has 0 saturated carbocycles. The van der Waals surface area contributed by atoms with E-state index < -0.39 is 17.5 Å². The van der Waals surface area contributed by atoms with Gasteiger partial charge >= 0.3 is 6.03 Å². The summed E-state index contributed by atoms with van der Waals surface area (Å²) in [7, 11) is 0. The molecule has 0 saturated heterocycles. The van der Waals surface area contributed by atoms with E-state index in [-0.39, 0.29) is 6.54 Å². The molecule has 3 N–H and O–H groups in total. The topological polar surface area (TPSA) is 114 Å². The SMILES string of the molecule is CC(C)(C)NC(=O)NC(=O)CNc1ccc(CCn2nnc(-c3ccccc3)n2)cc1. The van der Waals surface area contributed by atoms with E-state index in [1.54, 1.807) is 4.80 Å². The zero-order valence-electron chi connectivity index (χ0n) is 17.9. The minimum Gasteiger partial charge on any atom is -0.376 e. The van der Waals surface area contributed by atoms with Crippen molar-refractivity contribution in [2.75, 3.05) is 11.9 Å². The molecule has 1 heterocycles. The van der Waals surface area contributed by atoms with E-state index >= 15 is 0 Å². The highest BCUT2D eigenvalue weighted by Gasteiger charge is 2.15. The van der Waals surface area contributed by atoms with Crippen LogP contribution in [0.1, 0.15) is 26.3 Å². The Kier molecular flexibility index (Phi) is 6.96. The lowest BCUT2D eigenvalue weighted by Gasteiger charge is -2.20. The average molecular weight is 422 g/mol. The van der Waals surface area contributed by atoms with E-state index in [1.165, 1.54) is 0 Å². The van der Waals surface area contributed by atoms with E-state index in [0.29, 0.717) is 12.4 Å². The fourth-order valence-corrected chi connectivity index (χ4v) is 2.78. The van der Waals surface area contributed by atoms with Gasteiger partial charge in [-0.15, -0.1) is 10.2 Å². The van der Waals surface area contributed by atoms with Crippen LogP contribution in [0.4, 0.5) is 10.5 Å². The monoisotopic (exact) mass is 421 g/mol. The number of benzene rings is 2. The highest BCUT2D eigenvalue weighted by Crippen LogP contribution is 2.13.